The quantitative estimate of drug-likeness (QED) is 0.345. The molecule has 1 aromatic carbocycles. The lowest BCUT2D eigenvalue weighted by molar-refractivity contribution is -0.00791. The standard InChI is InChI=1S/C20H26N4O6S2/c1-24(32(2,29)30)20-23-16(12-31-20)19(28)22-15(11-13-6-8-14(25)9-7-13)18(27)17(26)5-3-4-10-21/h6-9,12,15,17-18,25-27H,3-5,11H2,1-2H3,(H,22,28). The number of unbranched alkanes of at least 4 members (excludes halogenated alkanes) is 1. The second kappa shape index (κ2) is 11.2. The first-order valence-electron chi connectivity index (χ1n) is 9.74. The smallest absolute Gasteiger partial charge is 0.271 e. The molecule has 2 rings (SSSR count). The maximum absolute atomic E-state index is 12.8. The molecule has 10 nitrogen and oxygen atoms in total. The van der Waals surface area contributed by atoms with Gasteiger partial charge in [0.1, 0.15) is 17.5 Å². The van der Waals surface area contributed by atoms with Gasteiger partial charge in [-0.25, -0.2) is 17.7 Å². The minimum absolute atomic E-state index is 0.0256. The van der Waals surface area contributed by atoms with E-state index in [-0.39, 0.29) is 35.8 Å². The largest absolute Gasteiger partial charge is 0.508 e. The normalized spacial score (nSPS) is 14.2. The van der Waals surface area contributed by atoms with Crippen molar-refractivity contribution in [2.75, 3.05) is 17.6 Å². The van der Waals surface area contributed by atoms with Crippen molar-refractivity contribution in [2.45, 2.75) is 43.9 Å². The number of carbonyl (C=O) groups excluding carboxylic acids is 1. The molecule has 4 N–H and O–H groups in total. The highest BCUT2D eigenvalue weighted by Crippen LogP contribution is 2.22. The van der Waals surface area contributed by atoms with Gasteiger partial charge >= 0.3 is 0 Å². The highest BCUT2D eigenvalue weighted by atomic mass is 32.2. The Morgan fingerprint density at radius 1 is 1.31 bits per heavy atom. The SMILES string of the molecule is CN(c1nc(C(=O)NC(Cc2ccc(O)cc2)C(O)C(O)CCCC#N)cs1)S(C)(=O)=O. The zero-order valence-corrected chi connectivity index (χ0v) is 19.3. The summed E-state index contributed by atoms with van der Waals surface area (Å²) in [4.78, 5) is 16.8. The lowest BCUT2D eigenvalue weighted by atomic mass is 9.95. The van der Waals surface area contributed by atoms with Crippen LogP contribution in [0, 0.1) is 11.3 Å². The van der Waals surface area contributed by atoms with Crippen LogP contribution in [0.3, 0.4) is 0 Å². The van der Waals surface area contributed by atoms with E-state index >= 15 is 0 Å². The molecule has 3 unspecified atom stereocenters. The third kappa shape index (κ3) is 7.16. The number of aliphatic hydroxyl groups excluding tert-OH is 2. The molecule has 1 amide bonds. The number of nitriles is 1. The summed E-state index contributed by atoms with van der Waals surface area (Å²) in [6.45, 7) is 0. The van der Waals surface area contributed by atoms with Crippen molar-refractivity contribution >= 4 is 32.4 Å². The fourth-order valence-electron chi connectivity index (χ4n) is 2.87. The van der Waals surface area contributed by atoms with Gasteiger partial charge in [-0.15, -0.1) is 11.3 Å². The Labute approximate surface area is 190 Å². The number of phenols is 1. The molecule has 174 valence electrons. The van der Waals surface area contributed by atoms with Crippen molar-refractivity contribution in [3.8, 4) is 11.8 Å². The van der Waals surface area contributed by atoms with Gasteiger partial charge in [-0.2, -0.15) is 5.26 Å². The third-order valence-electron chi connectivity index (χ3n) is 4.79. The fourth-order valence-corrected chi connectivity index (χ4v) is 4.41. The van der Waals surface area contributed by atoms with Gasteiger partial charge in [0.2, 0.25) is 10.0 Å². The second-order valence-corrected chi connectivity index (χ2v) is 10.2. The van der Waals surface area contributed by atoms with Crippen LogP contribution < -0.4 is 9.62 Å². The highest BCUT2D eigenvalue weighted by Gasteiger charge is 2.29. The monoisotopic (exact) mass is 482 g/mol. The predicted molar refractivity (Wildman–Crippen MR) is 120 cm³/mol. The number of hydrogen-bond acceptors (Lipinski definition) is 9. The average Bonchev–Trinajstić information content (AvgIpc) is 3.23. The number of carbonyl (C=O) groups is 1. The molecule has 0 bridgehead atoms. The van der Waals surface area contributed by atoms with E-state index in [9.17, 15) is 28.5 Å². The number of nitrogens with one attached hydrogen (secondary N) is 1. The first-order chi connectivity index (χ1) is 15.0. The van der Waals surface area contributed by atoms with Crippen LogP contribution in [-0.4, -0.2) is 66.2 Å². The molecule has 1 aromatic heterocycles. The Balaban J connectivity index is 2.19. The zero-order chi connectivity index (χ0) is 23.9. The molecule has 12 heteroatoms. The fraction of sp³-hybridized carbons (Fsp3) is 0.450. The van der Waals surface area contributed by atoms with Gasteiger partial charge in [-0.3, -0.25) is 4.79 Å². The van der Waals surface area contributed by atoms with Gasteiger partial charge in [0.25, 0.3) is 5.91 Å². The van der Waals surface area contributed by atoms with E-state index in [2.05, 4.69) is 10.3 Å². The molecule has 1 heterocycles. The second-order valence-electron chi connectivity index (χ2n) is 7.30. The summed E-state index contributed by atoms with van der Waals surface area (Å²) in [6.07, 6.45) is -0.530. The summed E-state index contributed by atoms with van der Waals surface area (Å²) < 4.78 is 24.3. The number of aromatic nitrogens is 1. The Bertz CT molecular complexity index is 1050. The highest BCUT2D eigenvalue weighted by molar-refractivity contribution is 7.92. The van der Waals surface area contributed by atoms with Crippen LogP contribution in [0.5, 0.6) is 5.75 Å². The molecule has 0 aliphatic carbocycles. The molecule has 32 heavy (non-hydrogen) atoms. The van der Waals surface area contributed by atoms with Crippen molar-refractivity contribution in [2.24, 2.45) is 0 Å². The van der Waals surface area contributed by atoms with E-state index in [4.69, 9.17) is 5.26 Å². The number of sulfonamides is 1. The first-order valence-corrected chi connectivity index (χ1v) is 12.5. The minimum Gasteiger partial charge on any atom is -0.508 e. The van der Waals surface area contributed by atoms with Crippen molar-refractivity contribution in [3.63, 3.8) is 0 Å². The number of aliphatic hydroxyl groups is 2. The number of rotatable bonds is 11. The van der Waals surface area contributed by atoms with Gasteiger partial charge in [0.05, 0.1) is 24.5 Å². The van der Waals surface area contributed by atoms with Gasteiger partial charge < -0.3 is 20.6 Å². The first kappa shape index (κ1) is 25.5. The number of anilines is 1. The summed E-state index contributed by atoms with van der Waals surface area (Å²) in [5.41, 5.74) is 0.675. The summed E-state index contributed by atoms with van der Waals surface area (Å²) in [6, 6.07) is 7.27. The zero-order valence-electron chi connectivity index (χ0n) is 17.7. The predicted octanol–water partition coefficient (Wildman–Crippen LogP) is 1.00. The number of amides is 1. The lowest BCUT2D eigenvalue weighted by Gasteiger charge is -2.27. The molecule has 0 aliphatic rings. The molecule has 0 aliphatic heterocycles. The number of hydrogen-bond donors (Lipinski definition) is 4. The van der Waals surface area contributed by atoms with Gasteiger partial charge in [0, 0.05) is 18.8 Å². The van der Waals surface area contributed by atoms with Crippen LogP contribution in [0.1, 0.15) is 35.3 Å². The lowest BCUT2D eigenvalue weighted by Crippen LogP contribution is -2.49. The average molecular weight is 483 g/mol. The molecule has 0 saturated heterocycles. The van der Waals surface area contributed by atoms with Crippen LogP contribution in [0.15, 0.2) is 29.6 Å². The number of nitrogens with zero attached hydrogens (tertiary/aromatic N) is 3. The topological polar surface area (TPSA) is 164 Å². The van der Waals surface area contributed by atoms with Crippen molar-refractivity contribution in [1.82, 2.24) is 10.3 Å². The Morgan fingerprint density at radius 2 is 1.97 bits per heavy atom. The summed E-state index contributed by atoms with van der Waals surface area (Å²) >= 11 is 0.978. The summed E-state index contributed by atoms with van der Waals surface area (Å²) in [5, 5.41) is 43.3. The van der Waals surface area contributed by atoms with Crippen LogP contribution in [0.4, 0.5) is 5.13 Å². The molecular weight excluding hydrogens is 456 g/mol. The minimum atomic E-state index is -3.54. The molecule has 0 radical (unpaired) electrons. The number of aromatic hydroxyl groups is 1. The molecule has 3 atom stereocenters. The number of benzene rings is 1. The molecule has 0 fully saturated rings. The van der Waals surface area contributed by atoms with E-state index < -0.39 is 34.2 Å². The number of phenolic OH excluding ortho intramolecular Hbond substituents is 1. The third-order valence-corrected chi connectivity index (χ3v) is 7.00. The summed E-state index contributed by atoms with van der Waals surface area (Å²) in [7, 11) is -2.21. The molecular formula is C20H26N4O6S2. The van der Waals surface area contributed by atoms with Crippen LogP contribution >= 0.6 is 11.3 Å². The van der Waals surface area contributed by atoms with Gasteiger partial charge in [-0.1, -0.05) is 12.1 Å². The van der Waals surface area contributed by atoms with Gasteiger partial charge in [0.15, 0.2) is 5.13 Å². The van der Waals surface area contributed by atoms with Crippen LogP contribution in [-0.2, 0) is 16.4 Å². The van der Waals surface area contributed by atoms with Gasteiger partial charge in [-0.05, 0) is 37.0 Å². The summed E-state index contributed by atoms with van der Waals surface area (Å²) in [5.74, 6) is -0.571. The van der Waals surface area contributed by atoms with E-state index in [1.807, 2.05) is 6.07 Å². The number of thiazole rings is 1. The maximum Gasteiger partial charge on any atom is 0.271 e. The Kier molecular flexibility index (Phi) is 8.97. The van der Waals surface area contributed by atoms with Crippen molar-refractivity contribution < 1.29 is 28.5 Å². The van der Waals surface area contributed by atoms with Crippen molar-refractivity contribution in [1.29, 1.82) is 5.26 Å². The maximum atomic E-state index is 12.8. The van der Waals surface area contributed by atoms with E-state index in [1.165, 1.54) is 24.6 Å². The van der Waals surface area contributed by atoms with E-state index in [1.54, 1.807) is 12.1 Å². The van der Waals surface area contributed by atoms with Crippen molar-refractivity contribution in [3.05, 3.63) is 40.9 Å². The van der Waals surface area contributed by atoms with Crippen LogP contribution in [0.25, 0.3) is 0 Å². The molecule has 0 saturated carbocycles. The van der Waals surface area contributed by atoms with E-state index in [0.717, 1.165) is 21.9 Å². The molecule has 2 aromatic rings. The Hall–Kier alpha value is -2.72. The van der Waals surface area contributed by atoms with E-state index in [0.29, 0.717) is 12.0 Å². The van der Waals surface area contributed by atoms with Crippen LogP contribution in [0.2, 0.25) is 0 Å². The Morgan fingerprint density at radius 3 is 2.56 bits per heavy atom. The molecule has 0 spiro atoms.